The number of nitrogens with zero attached hydrogens (tertiary/aromatic N) is 2. The third-order valence-electron chi connectivity index (χ3n) is 4.07. The van der Waals surface area contributed by atoms with Crippen molar-refractivity contribution in [3.8, 4) is 5.75 Å². The molecule has 7 heteroatoms. The first kappa shape index (κ1) is 16.6. The molecule has 0 fully saturated rings. The Hall–Kier alpha value is -3.22. The quantitative estimate of drug-likeness (QED) is 0.788. The summed E-state index contributed by atoms with van der Waals surface area (Å²) in [4.78, 5) is 28.0. The van der Waals surface area contributed by atoms with Crippen LogP contribution in [0.1, 0.15) is 21.6 Å². The lowest BCUT2D eigenvalue weighted by molar-refractivity contribution is -0.136. The summed E-state index contributed by atoms with van der Waals surface area (Å²) in [5, 5.41) is 9.66. The van der Waals surface area contributed by atoms with Gasteiger partial charge in [-0.15, -0.1) is 0 Å². The molecule has 0 atom stereocenters. The second-order valence-electron chi connectivity index (χ2n) is 5.51. The molecule has 0 spiro atoms. The molecule has 2 heterocycles. The van der Waals surface area contributed by atoms with Gasteiger partial charge in [-0.1, -0.05) is 0 Å². The van der Waals surface area contributed by atoms with Crippen molar-refractivity contribution < 1.29 is 23.8 Å². The second kappa shape index (κ2) is 6.35. The minimum Gasteiger partial charge on any atom is -0.494 e. The Morgan fingerprint density at radius 3 is 2.56 bits per heavy atom. The number of hydrogen-bond donors (Lipinski definition) is 1. The summed E-state index contributed by atoms with van der Waals surface area (Å²) < 4.78 is 20.5. The van der Waals surface area contributed by atoms with Gasteiger partial charge in [0.15, 0.2) is 11.6 Å². The third kappa shape index (κ3) is 2.84. The van der Waals surface area contributed by atoms with E-state index in [4.69, 9.17) is 4.74 Å². The zero-order valence-corrected chi connectivity index (χ0v) is 13.6. The first-order valence-electron chi connectivity index (χ1n) is 7.48. The van der Waals surface area contributed by atoms with Crippen LogP contribution in [0.2, 0.25) is 0 Å². The Morgan fingerprint density at radius 2 is 1.96 bits per heavy atom. The van der Waals surface area contributed by atoms with E-state index in [1.54, 1.807) is 19.1 Å². The number of rotatable bonds is 4. The molecule has 0 aliphatic carbocycles. The van der Waals surface area contributed by atoms with Crippen LogP contribution >= 0.6 is 0 Å². The molecule has 128 valence electrons. The molecule has 0 aliphatic rings. The van der Waals surface area contributed by atoms with Gasteiger partial charge in [-0.05, 0) is 30.7 Å². The third-order valence-corrected chi connectivity index (χ3v) is 4.07. The predicted molar refractivity (Wildman–Crippen MR) is 88.5 cm³/mol. The van der Waals surface area contributed by atoms with Gasteiger partial charge in [-0.25, -0.2) is 4.39 Å². The number of carboxylic acids is 1. The number of carbonyl (C=O) groups excluding carboxylic acids is 1. The summed E-state index contributed by atoms with van der Waals surface area (Å²) in [6.07, 6.45) is 2.68. The topological polar surface area (TPSA) is 81.4 Å². The number of aromatic nitrogens is 2. The summed E-state index contributed by atoms with van der Waals surface area (Å²) in [6, 6.07) is 5.70. The Balaban J connectivity index is 2.31. The molecule has 3 aromatic rings. The molecule has 1 N–H and O–H groups in total. The van der Waals surface area contributed by atoms with Crippen LogP contribution in [0.5, 0.6) is 5.75 Å². The molecule has 0 bridgehead atoms. The zero-order chi connectivity index (χ0) is 18.1. The van der Waals surface area contributed by atoms with Gasteiger partial charge in [0, 0.05) is 35.1 Å². The van der Waals surface area contributed by atoms with Gasteiger partial charge in [0.1, 0.15) is 0 Å². The number of pyridine rings is 1. The molecule has 0 saturated carbocycles. The van der Waals surface area contributed by atoms with Gasteiger partial charge in [0.2, 0.25) is 0 Å². The molecule has 0 radical (unpaired) electrons. The van der Waals surface area contributed by atoms with Crippen molar-refractivity contribution in [1.29, 1.82) is 0 Å². The van der Waals surface area contributed by atoms with Crippen LogP contribution in [0.15, 0.2) is 36.7 Å². The Bertz CT molecular complexity index is 980. The zero-order valence-electron chi connectivity index (χ0n) is 13.6. The Kier molecular flexibility index (Phi) is 4.22. The molecule has 0 aliphatic heterocycles. The lowest BCUT2D eigenvalue weighted by atomic mass is 10.1. The maximum absolute atomic E-state index is 14.2. The predicted octanol–water partition coefficient (Wildman–Crippen LogP) is 2.81. The van der Waals surface area contributed by atoms with Gasteiger partial charge in [0.05, 0.1) is 19.0 Å². The van der Waals surface area contributed by atoms with Crippen LogP contribution in [-0.2, 0) is 11.2 Å². The fraction of sp³-hybridized carbons (Fsp3) is 0.167. The normalized spacial score (nSPS) is 10.8. The summed E-state index contributed by atoms with van der Waals surface area (Å²) in [7, 11) is 1.33. The molecule has 0 saturated heterocycles. The maximum Gasteiger partial charge on any atom is 0.307 e. The molecule has 2 aromatic heterocycles. The van der Waals surface area contributed by atoms with E-state index < -0.39 is 11.8 Å². The number of carboxylic acid groups (broad SMARTS) is 1. The van der Waals surface area contributed by atoms with Gasteiger partial charge in [-0.2, -0.15) is 0 Å². The highest BCUT2D eigenvalue weighted by atomic mass is 19.1. The number of methoxy groups -OCH3 is 1. The highest BCUT2D eigenvalue weighted by molar-refractivity contribution is 6.04. The highest BCUT2D eigenvalue weighted by Gasteiger charge is 2.23. The van der Waals surface area contributed by atoms with Crippen molar-refractivity contribution in [2.75, 3.05) is 7.11 Å². The van der Waals surface area contributed by atoms with E-state index in [-0.39, 0.29) is 18.1 Å². The number of fused-ring (bicyclic) bond motifs is 1. The lowest BCUT2D eigenvalue weighted by Crippen LogP contribution is -2.14. The van der Waals surface area contributed by atoms with Crippen molar-refractivity contribution in [2.45, 2.75) is 13.3 Å². The molecule has 0 unspecified atom stereocenters. The molecule has 1 aromatic carbocycles. The SMILES string of the molecule is COc1cc2c(CC(=O)O)c(C)n(C(=O)c3ccncc3)c2cc1F. The number of carbonyl (C=O) groups is 2. The average Bonchev–Trinajstić information content (AvgIpc) is 2.85. The van der Waals surface area contributed by atoms with Crippen LogP contribution in [0.3, 0.4) is 0 Å². The smallest absolute Gasteiger partial charge is 0.307 e. The van der Waals surface area contributed by atoms with Crippen molar-refractivity contribution in [1.82, 2.24) is 9.55 Å². The second-order valence-corrected chi connectivity index (χ2v) is 5.51. The number of halogens is 1. The van der Waals surface area contributed by atoms with Crippen molar-refractivity contribution in [3.05, 3.63) is 59.3 Å². The first-order chi connectivity index (χ1) is 11.9. The van der Waals surface area contributed by atoms with Crippen molar-refractivity contribution in [2.24, 2.45) is 0 Å². The van der Waals surface area contributed by atoms with Crippen LogP contribution in [0.25, 0.3) is 10.9 Å². The average molecular weight is 342 g/mol. The fourth-order valence-corrected chi connectivity index (χ4v) is 2.90. The molecule has 25 heavy (non-hydrogen) atoms. The maximum atomic E-state index is 14.2. The standard InChI is InChI=1S/C18H15FN2O4/c1-10-12(8-17(22)23)13-7-16(25-2)14(19)9-15(13)21(10)18(24)11-3-5-20-6-4-11/h3-7,9H,8H2,1-2H3,(H,22,23). The number of hydrogen-bond acceptors (Lipinski definition) is 4. The number of benzene rings is 1. The van der Waals surface area contributed by atoms with E-state index >= 15 is 0 Å². The summed E-state index contributed by atoms with van der Waals surface area (Å²) in [5.41, 5.74) is 1.57. The van der Waals surface area contributed by atoms with Crippen LogP contribution < -0.4 is 4.74 Å². The number of aliphatic carboxylic acids is 1. The van der Waals surface area contributed by atoms with Crippen molar-refractivity contribution in [3.63, 3.8) is 0 Å². The largest absolute Gasteiger partial charge is 0.494 e. The minimum atomic E-state index is -1.04. The van der Waals surface area contributed by atoms with Gasteiger partial charge < -0.3 is 9.84 Å². The van der Waals surface area contributed by atoms with E-state index in [1.165, 1.54) is 36.2 Å². The van der Waals surface area contributed by atoms with E-state index in [0.717, 1.165) is 0 Å². The molecule has 0 amide bonds. The van der Waals surface area contributed by atoms with Gasteiger partial charge in [0.25, 0.3) is 5.91 Å². The van der Waals surface area contributed by atoms with Crippen LogP contribution in [0, 0.1) is 12.7 Å². The molecular weight excluding hydrogens is 327 g/mol. The van der Waals surface area contributed by atoms with Crippen molar-refractivity contribution >= 4 is 22.8 Å². The fourth-order valence-electron chi connectivity index (χ4n) is 2.90. The Labute approximate surface area is 142 Å². The van der Waals surface area contributed by atoms with Crippen LogP contribution in [-0.4, -0.2) is 33.6 Å². The monoisotopic (exact) mass is 342 g/mol. The lowest BCUT2D eigenvalue weighted by Gasteiger charge is -2.08. The molecule has 3 rings (SSSR count). The Morgan fingerprint density at radius 1 is 1.28 bits per heavy atom. The van der Waals surface area contributed by atoms with E-state index in [9.17, 15) is 19.1 Å². The number of ether oxygens (including phenoxy) is 1. The molecule has 6 nitrogen and oxygen atoms in total. The summed E-state index contributed by atoms with van der Waals surface area (Å²) in [5.74, 6) is -2.06. The summed E-state index contributed by atoms with van der Waals surface area (Å²) in [6.45, 7) is 1.64. The summed E-state index contributed by atoms with van der Waals surface area (Å²) >= 11 is 0. The minimum absolute atomic E-state index is 0.00681. The van der Waals surface area contributed by atoms with E-state index in [2.05, 4.69) is 4.98 Å². The van der Waals surface area contributed by atoms with Gasteiger partial charge >= 0.3 is 5.97 Å². The van der Waals surface area contributed by atoms with E-state index in [1.807, 2.05) is 0 Å². The van der Waals surface area contributed by atoms with E-state index in [0.29, 0.717) is 27.7 Å². The van der Waals surface area contributed by atoms with Crippen LogP contribution in [0.4, 0.5) is 4.39 Å². The first-order valence-corrected chi connectivity index (χ1v) is 7.48. The highest BCUT2D eigenvalue weighted by Crippen LogP contribution is 2.32. The molecular formula is C18H15FN2O4. The van der Waals surface area contributed by atoms with Gasteiger partial charge in [-0.3, -0.25) is 19.1 Å².